The number of fused-ring (bicyclic) bond motifs is 2. The monoisotopic (exact) mass is 305 g/mol. The quantitative estimate of drug-likeness (QED) is 0.648. The van der Waals surface area contributed by atoms with Gasteiger partial charge >= 0.3 is 5.63 Å². The van der Waals surface area contributed by atoms with Crippen molar-refractivity contribution in [3.8, 4) is 0 Å². The van der Waals surface area contributed by atoms with Gasteiger partial charge in [-0.1, -0.05) is 36.4 Å². The van der Waals surface area contributed by atoms with Gasteiger partial charge in [0, 0.05) is 17.1 Å². The van der Waals surface area contributed by atoms with Crippen LogP contribution in [-0.4, -0.2) is 11.9 Å². The van der Waals surface area contributed by atoms with E-state index in [1.807, 2.05) is 43.3 Å². The highest BCUT2D eigenvalue weighted by molar-refractivity contribution is 6.08. The third-order valence-electron chi connectivity index (χ3n) is 4.30. The normalized spacial score (nSPS) is 16.6. The summed E-state index contributed by atoms with van der Waals surface area (Å²) in [4.78, 5) is 26.9. The molecular formula is C19H15NO3. The first-order valence-corrected chi connectivity index (χ1v) is 7.59. The highest BCUT2D eigenvalue weighted by Crippen LogP contribution is 2.32. The Labute approximate surface area is 133 Å². The summed E-state index contributed by atoms with van der Waals surface area (Å²) in [7, 11) is 0. The van der Waals surface area contributed by atoms with Crippen molar-refractivity contribution in [2.75, 3.05) is 4.90 Å². The molecule has 0 fully saturated rings. The van der Waals surface area contributed by atoms with E-state index >= 15 is 0 Å². The number of rotatable bonds is 1. The maximum absolute atomic E-state index is 13.0. The second kappa shape index (κ2) is 5.09. The van der Waals surface area contributed by atoms with Crippen LogP contribution < -0.4 is 10.5 Å². The van der Waals surface area contributed by atoms with Gasteiger partial charge in [-0.05, 0) is 37.1 Å². The standard InChI is InChI=1S/C19H15NO3/c1-12-10-13-6-2-4-8-16(13)20(12)18(21)15-11-14-7-3-5-9-17(14)23-19(15)22/h2-9,11-12H,10H2,1H3/t12-/m1/s1. The molecule has 4 nitrogen and oxygen atoms in total. The predicted molar refractivity (Wildman–Crippen MR) is 88.9 cm³/mol. The first-order chi connectivity index (χ1) is 11.1. The molecule has 0 N–H and O–H groups in total. The van der Waals surface area contributed by atoms with Crippen molar-refractivity contribution in [3.63, 3.8) is 0 Å². The summed E-state index contributed by atoms with van der Waals surface area (Å²) in [5.41, 5.74) is 1.97. The lowest BCUT2D eigenvalue weighted by Gasteiger charge is -2.22. The summed E-state index contributed by atoms with van der Waals surface area (Å²) in [6.07, 6.45) is 0.792. The Morgan fingerprint density at radius 1 is 1.13 bits per heavy atom. The summed E-state index contributed by atoms with van der Waals surface area (Å²) in [5, 5.41) is 0.746. The molecule has 2 heterocycles. The topological polar surface area (TPSA) is 50.5 Å². The lowest BCUT2D eigenvalue weighted by molar-refractivity contribution is 0.0978. The fraction of sp³-hybridized carbons (Fsp3) is 0.158. The molecule has 0 saturated heterocycles. The lowest BCUT2D eigenvalue weighted by atomic mass is 10.1. The maximum Gasteiger partial charge on any atom is 0.349 e. The van der Waals surface area contributed by atoms with E-state index in [1.54, 1.807) is 23.1 Å². The van der Waals surface area contributed by atoms with Gasteiger partial charge in [-0.15, -0.1) is 0 Å². The number of carbonyl (C=O) groups excluding carboxylic acids is 1. The molecule has 0 aliphatic carbocycles. The predicted octanol–water partition coefficient (Wildman–Crippen LogP) is 3.38. The third kappa shape index (κ3) is 2.14. The molecule has 1 atom stereocenters. The average Bonchev–Trinajstić information content (AvgIpc) is 2.89. The SMILES string of the molecule is C[C@@H]1Cc2ccccc2N1C(=O)c1cc2ccccc2oc1=O. The van der Waals surface area contributed by atoms with Crippen LogP contribution in [0.5, 0.6) is 0 Å². The molecule has 0 unspecified atom stereocenters. The minimum absolute atomic E-state index is 0.0192. The molecule has 0 bridgehead atoms. The van der Waals surface area contributed by atoms with Crippen LogP contribution >= 0.6 is 0 Å². The van der Waals surface area contributed by atoms with Crippen LogP contribution in [0.3, 0.4) is 0 Å². The van der Waals surface area contributed by atoms with Crippen LogP contribution in [0.15, 0.2) is 63.8 Å². The highest BCUT2D eigenvalue weighted by atomic mass is 16.4. The van der Waals surface area contributed by atoms with Crippen molar-refractivity contribution in [1.29, 1.82) is 0 Å². The summed E-state index contributed by atoms with van der Waals surface area (Å²) in [6, 6.07) is 16.6. The van der Waals surface area contributed by atoms with Gasteiger partial charge in [0.1, 0.15) is 11.1 Å². The van der Waals surface area contributed by atoms with Gasteiger partial charge in [-0.25, -0.2) is 4.79 Å². The van der Waals surface area contributed by atoms with Crippen molar-refractivity contribution in [2.24, 2.45) is 0 Å². The van der Waals surface area contributed by atoms with E-state index < -0.39 is 5.63 Å². The minimum Gasteiger partial charge on any atom is -0.422 e. The molecule has 23 heavy (non-hydrogen) atoms. The maximum atomic E-state index is 13.0. The highest BCUT2D eigenvalue weighted by Gasteiger charge is 2.32. The average molecular weight is 305 g/mol. The van der Waals surface area contributed by atoms with Gasteiger partial charge in [0.25, 0.3) is 5.91 Å². The molecule has 2 aromatic carbocycles. The zero-order chi connectivity index (χ0) is 16.0. The van der Waals surface area contributed by atoms with Crippen LogP contribution in [-0.2, 0) is 6.42 Å². The summed E-state index contributed by atoms with van der Waals surface area (Å²) < 4.78 is 5.29. The van der Waals surface area contributed by atoms with E-state index in [4.69, 9.17) is 4.42 Å². The number of anilines is 1. The largest absolute Gasteiger partial charge is 0.422 e. The molecular weight excluding hydrogens is 290 g/mol. The zero-order valence-corrected chi connectivity index (χ0v) is 12.7. The Morgan fingerprint density at radius 2 is 1.87 bits per heavy atom. The Bertz CT molecular complexity index is 974. The second-order valence-corrected chi connectivity index (χ2v) is 5.84. The summed E-state index contributed by atoms with van der Waals surface area (Å²) >= 11 is 0. The van der Waals surface area contributed by atoms with Crippen LogP contribution in [0.4, 0.5) is 5.69 Å². The van der Waals surface area contributed by atoms with E-state index in [9.17, 15) is 9.59 Å². The smallest absolute Gasteiger partial charge is 0.349 e. The number of carbonyl (C=O) groups is 1. The Kier molecular flexibility index (Phi) is 3.05. The fourth-order valence-electron chi connectivity index (χ4n) is 3.22. The molecule has 0 radical (unpaired) electrons. The van der Waals surface area contributed by atoms with Gasteiger partial charge in [-0.3, -0.25) is 4.79 Å². The zero-order valence-electron chi connectivity index (χ0n) is 12.7. The van der Waals surface area contributed by atoms with Crippen molar-refractivity contribution in [2.45, 2.75) is 19.4 Å². The number of hydrogen-bond acceptors (Lipinski definition) is 3. The second-order valence-electron chi connectivity index (χ2n) is 5.84. The molecule has 0 saturated carbocycles. The Balaban J connectivity index is 1.84. The van der Waals surface area contributed by atoms with E-state index in [1.165, 1.54) is 0 Å². The van der Waals surface area contributed by atoms with Gasteiger partial charge < -0.3 is 9.32 Å². The molecule has 3 aromatic rings. The summed E-state index contributed by atoms with van der Waals surface area (Å²) in [5.74, 6) is -0.304. The first kappa shape index (κ1) is 13.8. The van der Waals surface area contributed by atoms with Crippen molar-refractivity contribution >= 4 is 22.6 Å². The fourth-order valence-corrected chi connectivity index (χ4v) is 3.22. The third-order valence-corrected chi connectivity index (χ3v) is 4.30. The number of para-hydroxylation sites is 2. The Hall–Kier alpha value is -2.88. The molecule has 1 aliphatic heterocycles. The van der Waals surface area contributed by atoms with Gasteiger partial charge in [0.2, 0.25) is 0 Å². The van der Waals surface area contributed by atoms with E-state index in [0.29, 0.717) is 5.58 Å². The van der Waals surface area contributed by atoms with Crippen LogP contribution in [0.1, 0.15) is 22.8 Å². The Morgan fingerprint density at radius 3 is 2.74 bits per heavy atom. The molecule has 4 rings (SSSR count). The molecule has 1 aromatic heterocycles. The molecule has 114 valence electrons. The molecule has 0 spiro atoms. The molecule has 1 aliphatic rings. The lowest BCUT2D eigenvalue weighted by Crippen LogP contribution is -2.38. The van der Waals surface area contributed by atoms with E-state index in [2.05, 4.69) is 0 Å². The number of amides is 1. The van der Waals surface area contributed by atoms with Gasteiger partial charge in [-0.2, -0.15) is 0 Å². The summed E-state index contributed by atoms with van der Waals surface area (Å²) in [6.45, 7) is 1.99. The first-order valence-electron chi connectivity index (χ1n) is 7.59. The van der Waals surface area contributed by atoms with E-state index in [0.717, 1.165) is 23.1 Å². The van der Waals surface area contributed by atoms with Gasteiger partial charge in [0.15, 0.2) is 0 Å². The minimum atomic E-state index is -0.592. The van der Waals surface area contributed by atoms with Gasteiger partial charge in [0.05, 0.1) is 0 Å². The number of nitrogens with zero attached hydrogens (tertiary/aromatic N) is 1. The molecule has 4 heteroatoms. The number of benzene rings is 2. The van der Waals surface area contributed by atoms with Crippen molar-refractivity contribution < 1.29 is 9.21 Å². The van der Waals surface area contributed by atoms with Crippen LogP contribution in [0, 0.1) is 0 Å². The van der Waals surface area contributed by atoms with Crippen molar-refractivity contribution in [3.05, 3.63) is 76.1 Å². The van der Waals surface area contributed by atoms with E-state index in [-0.39, 0.29) is 17.5 Å². The van der Waals surface area contributed by atoms with Crippen LogP contribution in [0.2, 0.25) is 0 Å². The molecule has 1 amide bonds. The number of hydrogen-bond donors (Lipinski definition) is 0. The van der Waals surface area contributed by atoms with Crippen LogP contribution in [0.25, 0.3) is 11.0 Å². The van der Waals surface area contributed by atoms with Crippen molar-refractivity contribution in [1.82, 2.24) is 0 Å².